The molecule has 5 heteroatoms. The van der Waals surface area contributed by atoms with Crippen LogP contribution in [0.1, 0.15) is 40.0 Å². The molecule has 4 nitrogen and oxygen atoms in total. The molecule has 0 radical (unpaired) electrons. The SMILES string of the molecule is CCCN(CC)CCNC(=NC)N1CCCC(C)C1.I. The second-order valence-corrected chi connectivity index (χ2v) is 5.60. The molecule has 0 aromatic heterocycles. The number of likely N-dealkylation sites (tertiary alicyclic amines) is 1. The maximum absolute atomic E-state index is 4.43. The van der Waals surface area contributed by atoms with Crippen LogP contribution in [0.15, 0.2) is 4.99 Å². The lowest BCUT2D eigenvalue weighted by Gasteiger charge is -2.33. The predicted octanol–water partition coefficient (Wildman–Crippen LogP) is 2.64. The molecule has 1 fully saturated rings. The van der Waals surface area contributed by atoms with Crippen LogP contribution >= 0.6 is 24.0 Å². The third kappa shape index (κ3) is 7.11. The van der Waals surface area contributed by atoms with Crippen LogP contribution in [0.5, 0.6) is 0 Å². The molecule has 1 rings (SSSR count). The molecular formula is C15H33IN4. The largest absolute Gasteiger partial charge is 0.355 e. The molecule has 1 aliphatic heterocycles. The van der Waals surface area contributed by atoms with Crippen LogP contribution in [0, 0.1) is 5.92 Å². The molecule has 120 valence electrons. The number of rotatable bonds is 6. The molecular weight excluding hydrogens is 363 g/mol. The van der Waals surface area contributed by atoms with E-state index in [2.05, 4.69) is 40.9 Å². The lowest BCUT2D eigenvalue weighted by molar-refractivity contribution is 0.260. The van der Waals surface area contributed by atoms with Crippen LogP contribution in [0.2, 0.25) is 0 Å². The van der Waals surface area contributed by atoms with Crippen molar-refractivity contribution in [1.29, 1.82) is 0 Å². The maximum Gasteiger partial charge on any atom is 0.193 e. The highest BCUT2D eigenvalue weighted by atomic mass is 127. The Hall–Kier alpha value is -0.0400. The van der Waals surface area contributed by atoms with E-state index in [1.807, 2.05) is 7.05 Å². The number of hydrogen-bond donors (Lipinski definition) is 1. The minimum absolute atomic E-state index is 0. The fourth-order valence-corrected chi connectivity index (χ4v) is 2.78. The quantitative estimate of drug-likeness (QED) is 0.426. The summed E-state index contributed by atoms with van der Waals surface area (Å²) in [6, 6.07) is 0. The molecule has 1 atom stereocenters. The first-order valence-corrected chi connectivity index (χ1v) is 7.89. The summed E-state index contributed by atoms with van der Waals surface area (Å²) < 4.78 is 0. The summed E-state index contributed by atoms with van der Waals surface area (Å²) in [5.41, 5.74) is 0. The standard InChI is InChI=1S/C15H32N4.HI/c1-5-10-18(6-2)12-9-17-15(16-4)19-11-7-8-14(3)13-19;/h14H,5-13H2,1-4H3,(H,16,17);1H. The normalized spacial score (nSPS) is 19.9. The van der Waals surface area contributed by atoms with Crippen molar-refractivity contribution >= 4 is 29.9 Å². The van der Waals surface area contributed by atoms with Gasteiger partial charge in [-0.05, 0) is 38.3 Å². The Morgan fingerprint density at radius 2 is 2.10 bits per heavy atom. The van der Waals surface area contributed by atoms with E-state index in [4.69, 9.17) is 0 Å². The van der Waals surface area contributed by atoms with Crippen molar-refractivity contribution in [2.45, 2.75) is 40.0 Å². The minimum Gasteiger partial charge on any atom is -0.355 e. The van der Waals surface area contributed by atoms with Crippen molar-refractivity contribution in [2.75, 3.05) is 46.3 Å². The van der Waals surface area contributed by atoms with E-state index >= 15 is 0 Å². The second-order valence-electron chi connectivity index (χ2n) is 5.60. The lowest BCUT2D eigenvalue weighted by atomic mass is 10.0. The molecule has 1 heterocycles. The van der Waals surface area contributed by atoms with Crippen LogP contribution in [-0.4, -0.2) is 62.1 Å². The number of piperidine rings is 1. The van der Waals surface area contributed by atoms with Gasteiger partial charge >= 0.3 is 0 Å². The zero-order valence-corrected chi connectivity index (χ0v) is 16.0. The topological polar surface area (TPSA) is 30.9 Å². The van der Waals surface area contributed by atoms with E-state index < -0.39 is 0 Å². The first-order valence-electron chi connectivity index (χ1n) is 7.89. The molecule has 1 N–H and O–H groups in total. The summed E-state index contributed by atoms with van der Waals surface area (Å²) in [6.45, 7) is 13.5. The highest BCUT2D eigenvalue weighted by Crippen LogP contribution is 2.15. The highest BCUT2D eigenvalue weighted by molar-refractivity contribution is 14.0. The Morgan fingerprint density at radius 3 is 2.65 bits per heavy atom. The van der Waals surface area contributed by atoms with Crippen LogP contribution in [0.3, 0.4) is 0 Å². The summed E-state index contributed by atoms with van der Waals surface area (Å²) in [5.74, 6) is 1.87. The summed E-state index contributed by atoms with van der Waals surface area (Å²) in [4.78, 5) is 9.32. The Labute approximate surface area is 142 Å². The molecule has 1 saturated heterocycles. The van der Waals surface area contributed by atoms with Gasteiger partial charge in [-0.3, -0.25) is 4.99 Å². The van der Waals surface area contributed by atoms with E-state index in [0.29, 0.717) is 0 Å². The van der Waals surface area contributed by atoms with Crippen LogP contribution in [-0.2, 0) is 0 Å². The van der Waals surface area contributed by atoms with Gasteiger partial charge in [0, 0.05) is 33.2 Å². The summed E-state index contributed by atoms with van der Waals surface area (Å²) in [5, 5.41) is 3.52. The monoisotopic (exact) mass is 396 g/mol. The number of halogens is 1. The van der Waals surface area contributed by atoms with E-state index in [1.54, 1.807) is 0 Å². The van der Waals surface area contributed by atoms with Gasteiger partial charge in [0.1, 0.15) is 0 Å². The second kappa shape index (κ2) is 11.6. The lowest BCUT2D eigenvalue weighted by Crippen LogP contribution is -2.47. The van der Waals surface area contributed by atoms with Crippen molar-refractivity contribution in [3.63, 3.8) is 0 Å². The van der Waals surface area contributed by atoms with Gasteiger partial charge in [-0.15, -0.1) is 24.0 Å². The van der Waals surface area contributed by atoms with Gasteiger partial charge < -0.3 is 15.1 Å². The summed E-state index contributed by atoms with van der Waals surface area (Å²) in [6.07, 6.45) is 3.87. The molecule has 0 aromatic rings. The van der Waals surface area contributed by atoms with Crippen LogP contribution < -0.4 is 5.32 Å². The van der Waals surface area contributed by atoms with Crippen molar-refractivity contribution in [1.82, 2.24) is 15.1 Å². The Balaban J connectivity index is 0.00000361. The first kappa shape index (κ1) is 20.0. The Morgan fingerprint density at radius 1 is 1.35 bits per heavy atom. The zero-order chi connectivity index (χ0) is 14.1. The number of likely N-dealkylation sites (N-methyl/N-ethyl adjacent to an activating group) is 1. The zero-order valence-electron chi connectivity index (χ0n) is 13.7. The van der Waals surface area contributed by atoms with Gasteiger partial charge in [-0.2, -0.15) is 0 Å². The highest BCUT2D eigenvalue weighted by Gasteiger charge is 2.18. The minimum atomic E-state index is 0. The van der Waals surface area contributed by atoms with Gasteiger partial charge in [0.05, 0.1) is 0 Å². The number of hydrogen-bond acceptors (Lipinski definition) is 2. The fraction of sp³-hybridized carbons (Fsp3) is 0.933. The maximum atomic E-state index is 4.43. The Kier molecular flexibility index (Phi) is 11.6. The molecule has 0 saturated carbocycles. The number of nitrogens with one attached hydrogen (secondary N) is 1. The van der Waals surface area contributed by atoms with Crippen molar-refractivity contribution < 1.29 is 0 Å². The molecule has 0 aliphatic carbocycles. The molecule has 0 aromatic carbocycles. The molecule has 20 heavy (non-hydrogen) atoms. The van der Waals surface area contributed by atoms with Crippen molar-refractivity contribution in [3.8, 4) is 0 Å². The number of aliphatic imine (C=N–C) groups is 1. The van der Waals surface area contributed by atoms with E-state index in [-0.39, 0.29) is 24.0 Å². The molecule has 1 unspecified atom stereocenters. The van der Waals surface area contributed by atoms with Gasteiger partial charge in [0.15, 0.2) is 5.96 Å². The molecule has 0 spiro atoms. The van der Waals surface area contributed by atoms with Crippen LogP contribution in [0.25, 0.3) is 0 Å². The predicted molar refractivity (Wildman–Crippen MR) is 99.2 cm³/mol. The average molecular weight is 396 g/mol. The van der Waals surface area contributed by atoms with Gasteiger partial charge in [-0.25, -0.2) is 0 Å². The Bertz CT molecular complexity index is 271. The first-order chi connectivity index (χ1) is 9.21. The van der Waals surface area contributed by atoms with E-state index in [0.717, 1.165) is 44.6 Å². The molecule has 1 aliphatic rings. The number of guanidine groups is 1. The third-order valence-corrected chi connectivity index (χ3v) is 3.87. The average Bonchev–Trinajstić information content (AvgIpc) is 2.42. The fourth-order valence-electron chi connectivity index (χ4n) is 2.78. The van der Waals surface area contributed by atoms with Crippen molar-refractivity contribution in [3.05, 3.63) is 0 Å². The summed E-state index contributed by atoms with van der Waals surface area (Å²) >= 11 is 0. The van der Waals surface area contributed by atoms with Crippen molar-refractivity contribution in [2.24, 2.45) is 10.9 Å². The van der Waals surface area contributed by atoms with Gasteiger partial charge in [0.2, 0.25) is 0 Å². The van der Waals surface area contributed by atoms with E-state index in [1.165, 1.54) is 25.8 Å². The third-order valence-electron chi connectivity index (χ3n) is 3.87. The van der Waals surface area contributed by atoms with Gasteiger partial charge in [0.25, 0.3) is 0 Å². The molecule has 0 amide bonds. The van der Waals surface area contributed by atoms with E-state index in [9.17, 15) is 0 Å². The van der Waals surface area contributed by atoms with Gasteiger partial charge in [-0.1, -0.05) is 20.8 Å². The molecule has 0 bridgehead atoms. The number of nitrogens with zero attached hydrogens (tertiary/aromatic N) is 3. The summed E-state index contributed by atoms with van der Waals surface area (Å²) in [7, 11) is 1.89. The smallest absolute Gasteiger partial charge is 0.193 e. The van der Waals surface area contributed by atoms with Crippen LogP contribution in [0.4, 0.5) is 0 Å².